The van der Waals surface area contributed by atoms with E-state index in [9.17, 15) is 4.79 Å². The van der Waals surface area contributed by atoms with Gasteiger partial charge in [0.05, 0.1) is 11.4 Å². The average Bonchev–Trinajstić information content (AvgIpc) is 2.80. The zero-order valence-corrected chi connectivity index (χ0v) is 14.3. The van der Waals surface area contributed by atoms with Crippen molar-refractivity contribution in [3.8, 4) is 11.3 Å². The second-order valence-electron chi connectivity index (χ2n) is 6.80. The van der Waals surface area contributed by atoms with Gasteiger partial charge in [0.1, 0.15) is 5.69 Å². The van der Waals surface area contributed by atoms with Crippen molar-refractivity contribution in [2.75, 3.05) is 5.32 Å². The van der Waals surface area contributed by atoms with Crippen molar-refractivity contribution in [1.82, 2.24) is 10.2 Å². The van der Waals surface area contributed by atoms with Crippen LogP contribution >= 0.6 is 0 Å². The molecule has 2 rings (SSSR count). The van der Waals surface area contributed by atoms with Crippen LogP contribution in [-0.4, -0.2) is 16.1 Å². The van der Waals surface area contributed by atoms with Crippen molar-refractivity contribution in [3.05, 3.63) is 35.0 Å². The third kappa shape index (κ3) is 3.21. The fraction of sp³-hybridized carbons (Fsp3) is 0.444. The van der Waals surface area contributed by atoms with Crippen molar-refractivity contribution >= 4 is 11.6 Å². The van der Waals surface area contributed by atoms with Gasteiger partial charge in [0.15, 0.2) is 0 Å². The number of hydrogen-bond acceptors (Lipinski definition) is 2. The number of amides is 1. The van der Waals surface area contributed by atoms with Crippen molar-refractivity contribution in [2.24, 2.45) is 5.41 Å². The molecule has 0 aliphatic rings. The van der Waals surface area contributed by atoms with Crippen LogP contribution in [0, 0.1) is 19.3 Å². The molecule has 0 saturated heterocycles. The standard InChI is InChI=1S/C18H25N3O/c1-7-14-16(19-17(22)18(4,5)6)15(21-20-14)13-9-8-11(2)10-12(13)3/h8-10H,7H2,1-6H3,(H,19,22)(H,20,21). The van der Waals surface area contributed by atoms with Gasteiger partial charge < -0.3 is 5.32 Å². The maximum Gasteiger partial charge on any atom is 0.229 e. The van der Waals surface area contributed by atoms with Gasteiger partial charge in [-0.05, 0) is 25.8 Å². The summed E-state index contributed by atoms with van der Waals surface area (Å²) in [5.74, 6) is -0.00499. The van der Waals surface area contributed by atoms with Crippen LogP contribution < -0.4 is 5.32 Å². The Bertz CT molecular complexity index is 693. The molecule has 22 heavy (non-hydrogen) atoms. The molecule has 4 heteroatoms. The number of aromatic amines is 1. The lowest BCUT2D eigenvalue weighted by atomic mass is 9.95. The highest BCUT2D eigenvalue weighted by Crippen LogP contribution is 2.33. The van der Waals surface area contributed by atoms with E-state index < -0.39 is 5.41 Å². The molecule has 118 valence electrons. The van der Waals surface area contributed by atoms with E-state index in [4.69, 9.17) is 0 Å². The van der Waals surface area contributed by atoms with Gasteiger partial charge in [-0.2, -0.15) is 5.10 Å². The van der Waals surface area contributed by atoms with Gasteiger partial charge >= 0.3 is 0 Å². The third-order valence-corrected chi connectivity index (χ3v) is 3.75. The molecule has 4 nitrogen and oxygen atoms in total. The summed E-state index contributed by atoms with van der Waals surface area (Å²) in [6.07, 6.45) is 0.789. The highest BCUT2D eigenvalue weighted by molar-refractivity contribution is 5.98. The van der Waals surface area contributed by atoms with Crippen molar-refractivity contribution < 1.29 is 4.79 Å². The summed E-state index contributed by atoms with van der Waals surface area (Å²) in [6.45, 7) is 11.9. The number of benzene rings is 1. The summed E-state index contributed by atoms with van der Waals surface area (Å²) in [5.41, 5.74) is 5.54. The lowest BCUT2D eigenvalue weighted by molar-refractivity contribution is -0.123. The van der Waals surface area contributed by atoms with Crippen LogP contribution in [0.2, 0.25) is 0 Å². The second kappa shape index (κ2) is 5.95. The van der Waals surface area contributed by atoms with Gasteiger partial charge in [0.2, 0.25) is 5.91 Å². The van der Waals surface area contributed by atoms with Crippen LogP contribution in [0.3, 0.4) is 0 Å². The second-order valence-corrected chi connectivity index (χ2v) is 6.80. The number of hydrogen-bond donors (Lipinski definition) is 2. The summed E-state index contributed by atoms with van der Waals surface area (Å²) in [5, 5.41) is 10.6. The Morgan fingerprint density at radius 1 is 1.27 bits per heavy atom. The predicted octanol–water partition coefficient (Wildman–Crippen LogP) is 4.24. The molecule has 0 aliphatic heterocycles. The minimum Gasteiger partial charge on any atom is -0.322 e. The number of H-pyrrole nitrogens is 1. The molecule has 1 aromatic heterocycles. The molecule has 0 aliphatic carbocycles. The minimum absolute atomic E-state index is 0.00499. The molecule has 0 bridgehead atoms. The van der Waals surface area contributed by atoms with Crippen molar-refractivity contribution in [2.45, 2.75) is 48.0 Å². The lowest BCUT2D eigenvalue weighted by Gasteiger charge is -2.18. The molecule has 0 atom stereocenters. The van der Waals surface area contributed by atoms with E-state index in [0.717, 1.165) is 34.6 Å². The number of carbonyl (C=O) groups is 1. The Morgan fingerprint density at radius 3 is 2.50 bits per heavy atom. The highest BCUT2D eigenvalue weighted by atomic mass is 16.2. The van der Waals surface area contributed by atoms with Crippen LogP contribution in [0.1, 0.15) is 44.5 Å². The molecule has 2 aromatic rings. The maximum atomic E-state index is 12.4. The Morgan fingerprint density at radius 2 is 1.95 bits per heavy atom. The van der Waals surface area contributed by atoms with Gasteiger partial charge in [-0.1, -0.05) is 51.5 Å². The van der Waals surface area contributed by atoms with Gasteiger partial charge in [0, 0.05) is 11.0 Å². The molecular formula is C18H25N3O. The zero-order valence-electron chi connectivity index (χ0n) is 14.3. The normalized spacial score (nSPS) is 11.5. The lowest BCUT2D eigenvalue weighted by Crippen LogP contribution is -2.28. The Balaban J connectivity index is 2.49. The summed E-state index contributed by atoms with van der Waals surface area (Å²) in [6, 6.07) is 6.26. The number of rotatable bonds is 3. The first-order valence-corrected chi connectivity index (χ1v) is 7.70. The number of carbonyl (C=O) groups excluding carboxylic acids is 1. The summed E-state index contributed by atoms with van der Waals surface area (Å²) in [7, 11) is 0. The van der Waals surface area contributed by atoms with E-state index in [2.05, 4.69) is 47.6 Å². The molecule has 0 radical (unpaired) electrons. The molecule has 1 heterocycles. The van der Waals surface area contributed by atoms with Crippen molar-refractivity contribution in [1.29, 1.82) is 0 Å². The van der Waals surface area contributed by atoms with E-state index in [1.165, 1.54) is 5.56 Å². The highest BCUT2D eigenvalue weighted by Gasteiger charge is 2.25. The number of nitrogens with one attached hydrogen (secondary N) is 2. The molecule has 0 spiro atoms. The Labute approximate surface area is 132 Å². The summed E-state index contributed by atoms with van der Waals surface area (Å²) >= 11 is 0. The smallest absolute Gasteiger partial charge is 0.229 e. The fourth-order valence-corrected chi connectivity index (χ4v) is 2.34. The van der Waals surface area contributed by atoms with Crippen LogP contribution in [0.15, 0.2) is 18.2 Å². The van der Waals surface area contributed by atoms with Gasteiger partial charge in [-0.15, -0.1) is 0 Å². The Hall–Kier alpha value is -2.10. The fourth-order valence-electron chi connectivity index (χ4n) is 2.34. The number of anilines is 1. The molecule has 0 fully saturated rings. The number of nitrogens with zero attached hydrogens (tertiary/aromatic N) is 1. The van der Waals surface area contributed by atoms with E-state index in [0.29, 0.717) is 0 Å². The maximum absolute atomic E-state index is 12.4. The first-order chi connectivity index (χ1) is 10.2. The number of aryl methyl sites for hydroxylation is 3. The molecule has 2 N–H and O–H groups in total. The topological polar surface area (TPSA) is 57.8 Å². The van der Waals surface area contributed by atoms with E-state index in [1.807, 2.05) is 27.7 Å². The monoisotopic (exact) mass is 299 g/mol. The Kier molecular flexibility index (Phi) is 4.40. The van der Waals surface area contributed by atoms with Crippen LogP contribution in [-0.2, 0) is 11.2 Å². The first kappa shape index (κ1) is 16.3. The predicted molar refractivity (Wildman–Crippen MR) is 91.0 cm³/mol. The van der Waals surface area contributed by atoms with E-state index in [1.54, 1.807) is 0 Å². The van der Waals surface area contributed by atoms with Crippen molar-refractivity contribution in [3.63, 3.8) is 0 Å². The average molecular weight is 299 g/mol. The molecular weight excluding hydrogens is 274 g/mol. The van der Waals surface area contributed by atoms with Crippen LogP contribution in [0.4, 0.5) is 5.69 Å². The molecule has 1 aromatic carbocycles. The molecule has 0 saturated carbocycles. The SMILES string of the molecule is CCc1[nH]nc(-c2ccc(C)cc2C)c1NC(=O)C(C)(C)C. The number of aromatic nitrogens is 2. The first-order valence-electron chi connectivity index (χ1n) is 7.70. The van der Waals surface area contributed by atoms with Gasteiger partial charge in [0.25, 0.3) is 0 Å². The van der Waals surface area contributed by atoms with Gasteiger partial charge in [-0.3, -0.25) is 9.89 Å². The summed E-state index contributed by atoms with van der Waals surface area (Å²) in [4.78, 5) is 12.4. The van der Waals surface area contributed by atoms with Crippen LogP contribution in [0.25, 0.3) is 11.3 Å². The molecule has 0 unspecified atom stereocenters. The summed E-state index contributed by atoms with van der Waals surface area (Å²) < 4.78 is 0. The van der Waals surface area contributed by atoms with E-state index >= 15 is 0 Å². The molecule has 1 amide bonds. The van der Waals surface area contributed by atoms with E-state index in [-0.39, 0.29) is 5.91 Å². The zero-order chi connectivity index (χ0) is 16.5. The van der Waals surface area contributed by atoms with Crippen LogP contribution in [0.5, 0.6) is 0 Å². The largest absolute Gasteiger partial charge is 0.322 e. The minimum atomic E-state index is -0.443. The third-order valence-electron chi connectivity index (χ3n) is 3.75. The van der Waals surface area contributed by atoms with Gasteiger partial charge in [-0.25, -0.2) is 0 Å². The quantitative estimate of drug-likeness (QED) is 0.890.